The number of thioether (sulfide) groups is 1. The van der Waals surface area contributed by atoms with Crippen LogP contribution in [0.1, 0.15) is 24.2 Å². The van der Waals surface area contributed by atoms with Gasteiger partial charge in [0.15, 0.2) is 0 Å². The third-order valence-corrected chi connectivity index (χ3v) is 4.70. The quantitative estimate of drug-likeness (QED) is 0.541. The Balaban J connectivity index is 1.71. The minimum atomic E-state index is -0.328. The van der Waals surface area contributed by atoms with E-state index in [9.17, 15) is 4.79 Å². The first-order valence-corrected chi connectivity index (χ1v) is 9.42. The molecule has 0 aliphatic carbocycles. The lowest BCUT2D eigenvalue weighted by Crippen LogP contribution is -2.11. The monoisotopic (exact) mass is 407 g/mol. The van der Waals surface area contributed by atoms with Crippen molar-refractivity contribution < 1.29 is 9.21 Å². The number of hydrogen-bond donors (Lipinski definition) is 1. The predicted octanol–water partition coefficient (Wildman–Crippen LogP) is 5.80. The molecule has 0 radical (unpaired) electrons. The number of nitrogens with one attached hydrogen (secondary N) is 1. The van der Waals surface area contributed by atoms with E-state index in [1.54, 1.807) is 42.1 Å². The highest BCUT2D eigenvalue weighted by Crippen LogP contribution is 2.27. The summed E-state index contributed by atoms with van der Waals surface area (Å²) in [6.07, 6.45) is 0. The molecule has 5 nitrogen and oxygen atoms in total. The fourth-order valence-corrected chi connectivity index (χ4v) is 3.56. The van der Waals surface area contributed by atoms with Crippen molar-refractivity contribution in [3.8, 4) is 11.5 Å². The van der Waals surface area contributed by atoms with E-state index >= 15 is 0 Å². The third-order valence-electron chi connectivity index (χ3n) is 3.24. The molecule has 0 aliphatic heterocycles. The number of nitrogens with zero attached hydrogens (tertiary/aromatic N) is 2. The fraction of sp³-hybridized carbons (Fsp3) is 0.167. The number of aromatic nitrogens is 2. The van der Waals surface area contributed by atoms with Crippen molar-refractivity contribution in [2.45, 2.75) is 24.0 Å². The summed E-state index contributed by atoms with van der Waals surface area (Å²) in [5, 5.41) is 11.7. The highest BCUT2D eigenvalue weighted by atomic mass is 35.5. The molecule has 0 saturated heterocycles. The van der Waals surface area contributed by atoms with Gasteiger partial charge in [-0.05, 0) is 42.5 Å². The molecule has 0 aliphatic rings. The Labute approximate surface area is 165 Å². The largest absolute Gasteiger partial charge is 0.403 e. The zero-order valence-corrected chi connectivity index (χ0v) is 16.3. The summed E-state index contributed by atoms with van der Waals surface area (Å²) in [7, 11) is 0. The molecule has 1 heterocycles. The highest BCUT2D eigenvalue weighted by molar-refractivity contribution is 7.99. The minimum absolute atomic E-state index is 0.00160. The Morgan fingerprint density at radius 3 is 2.35 bits per heavy atom. The average Bonchev–Trinajstić information content (AvgIpc) is 3.02. The van der Waals surface area contributed by atoms with E-state index in [1.807, 2.05) is 12.1 Å². The first-order chi connectivity index (χ1) is 12.4. The number of amides is 1. The van der Waals surface area contributed by atoms with Gasteiger partial charge >= 0.3 is 6.01 Å². The molecular formula is C18H15Cl2N3O2S. The molecule has 0 fully saturated rings. The van der Waals surface area contributed by atoms with Gasteiger partial charge in [0.2, 0.25) is 5.89 Å². The van der Waals surface area contributed by atoms with E-state index < -0.39 is 0 Å². The minimum Gasteiger partial charge on any atom is -0.403 e. The highest BCUT2D eigenvalue weighted by Gasteiger charge is 2.14. The van der Waals surface area contributed by atoms with Crippen LogP contribution in [0.5, 0.6) is 0 Å². The molecular weight excluding hydrogens is 393 g/mol. The molecule has 1 N–H and O–H groups in total. The van der Waals surface area contributed by atoms with Crippen molar-refractivity contribution in [3.05, 3.63) is 58.1 Å². The molecule has 26 heavy (non-hydrogen) atoms. The Morgan fingerprint density at radius 2 is 1.73 bits per heavy atom. The van der Waals surface area contributed by atoms with Gasteiger partial charge in [0.05, 0.1) is 0 Å². The van der Waals surface area contributed by atoms with Gasteiger partial charge in [0.1, 0.15) is 0 Å². The standard InChI is InChI=1S/C18H15Cl2N3O2S/c1-10(2)26-15-5-3-11(4-6-15)16(24)21-18-23-22-17(25-18)12-7-13(19)9-14(20)8-12/h3-10H,1-2H3,(H,21,23,24). The average molecular weight is 408 g/mol. The number of halogens is 2. The molecule has 3 aromatic rings. The molecule has 0 atom stereocenters. The number of carbonyl (C=O) groups is 1. The Bertz CT molecular complexity index is 906. The lowest BCUT2D eigenvalue weighted by atomic mass is 10.2. The number of carbonyl (C=O) groups excluding carboxylic acids is 1. The van der Waals surface area contributed by atoms with Crippen molar-refractivity contribution >= 4 is 46.9 Å². The summed E-state index contributed by atoms with van der Waals surface area (Å²) >= 11 is 13.7. The molecule has 1 aromatic heterocycles. The number of rotatable bonds is 5. The lowest BCUT2D eigenvalue weighted by molar-refractivity contribution is 0.102. The topological polar surface area (TPSA) is 68.0 Å². The molecule has 3 rings (SSSR count). The van der Waals surface area contributed by atoms with Crippen molar-refractivity contribution in [1.82, 2.24) is 10.2 Å². The van der Waals surface area contributed by atoms with Crippen LogP contribution in [0.3, 0.4) is 0 Å². The second-order valence-corrected chi connectivity index (χ2v) is 8.24. The predicted molar refractivity (Wildman–Crippen MR) is 105 cm³/mol. The van der Waals surface area contributed by atoms with Gasteiger partial charge in [-0.25, -0.2) is 0 Å². The Hall–Kier alpha value is -2.02. The van der Waals surface area contributed by atoms with E-state index in [1.165, 1.54) is 0 Å². The summed E-state index contributed by atoms with van der Waals surface area (Å²) in [6.45, 7) is 4.23. The first-order valence-electron chi connectivity index (χ1n) is 7.79. The van der Waals surface area contributed by atoms with Crippen LogP contribution in [0.4, 0.5) is 6.01 Å². The maximum atomic E-state index is 12.3. The number of benzene rings is 2. The van der Waals surface area contributed by atoms with Crippen LogP contribution in [-0.2, 0) is 0 Å². The van der Waals surface area contributed by atoms with E-state index in [2.05, 4.69) is 29.4 Å². The van der Waals surface area contributed by atoms with Gasteiger partial charge in [-0.2, -0.15) is 0 Å². The van der Waals surface area contributed by atoms with Gasteiger partial charge in [-0.15, -0.1) is 16.9 Å². The van der Waals surface area contributed by atoms with Crippen molar-refractivity contribution in [2.24, 2.45) is 0 Å². The van der Waals surface area contributed by atoms with Crippen LogP contribution >= 0.6 is 35.0 Å². The van der Waals surface area contributed by atoms with Gasteiger partial charge in [-0.1, -0.05) is 42.1 Å². The van der Waals surface area contributed by atoms with Crippen LogP contribution in [0.2, 0.25) is 10.0 Å². The zero-order chi connectivity index (χ0) is 18.7. The van der Waals surface area contributed by atoms with Crippen molar-refractivity contribution in [2.75, 3.05) is 5.32 Å². The maximum absolute atomic E-state index is 12.3. The van der Waals surface area contributed by atoms with E-state index in [-0.39, 0.29) is 17.8 Å². The normalized spacial score (nSPS) is 11.0. The summed E-state index contributed by atoms with van der Waals surface area (Å²) in [5.74, 6) is -0.112. The second-order valence-electron chi connectivity index (χ2n) is 5.72. The summed E-state index contributed by atoms with van der Waals surface area (Å²) in [6, 6.07) is 12.2. The zero-order valence-electron chi connectivity index (χ0n) is 14.0. The molecule has 2 aromatic carbocycles. The van der Waals surface area contributed by atoms with Crippen LogP contribution in [-0.4, -0.2) is 21.4 Å². The molecule has 134 valence electrons. The second kappa shape index (κ2) is 8.12. The van der Waals surface area contributed by atoms with Gasteiger partial charge in [-0.3, -0.25) is 10.1 Å². The molecule has 1 amide bonds. The summed E-state index contributed by atoms with van der Waals surface area (Å²) < 4.78 is 5.47. The first kappa shape index (κ1) is 18.8. The third kappa shape index (κ3) is 4.78. The lowest BCUT2D eigenvalue weighted by Gasteiger charge is -2.05. The Morgan fingerprint density at radius 1 is 1.08 bits per heavy atom. The fourth-order valence-electron chi connectivity index (χ4n) is 2.19. The molecule has 0 spiro atoms. The van der Waals surface area contributed by atoms with Crippen LogP contribution in [0.25, 0.3) is 11.5 Å². The van der Waals surface area contributed by atoms with E-state index in [4.69, 9.17) is 27.6 Å². The van der Waals surface area contributed by atoms with Crippen LogP contribution in [0.15, 0.2) is 51.8 Å². The van der Waals surface area contributed by atoms with Crippen LogP contribution < -0.4 is 5.32 Å². The molecule has 0 unspecified atom stereocenters. The summed E-state index contributed by atoms with van der Waals surface area (Å²) in [5.41, 5.74) is 1.08. The molecule has 8 heteroatoms. The van der Waals surface area contributed by atoms with E-state index in [0.717, 1.165) is 4.90 Å². The van der Waals surface area contributed by atoms with Crippen molar-refractivity contribution in [1.29, 1.82) is 0 Å². The summed E-state index contributed by atoms with van der Waals surface area (Å²) in [4.78, 5) is 13.4. The van der Waals surface area contributed by atoms with E-state index in [0.29, 0.717) is 26.4 Å². The smallest absolute Gasteiger partial charge is 0.322 e. The van der Waals surface area contributed by atoms with Crippen molar-refractivity contribution in [3.63, 3.8) is 0 Å². The van der Waals surface area contributed by atoms with Gasteiger partial charge in [0.25, 0.3) is 5.91 Å². The number of anilines is 1. The SMILES string of the molecule is CC(C)Sc1ccc(C(=O)Nc2nnc(-c3cc(Cl)cc(Cl)c3)o2)cc1. The van der Waals surface area contributed by atoms with Crippen LogP contribution in [0, 0.1) is 0 Å². The number of hydrogen-bond acceptors (Lipinski definition) is 5. The maximum Gasteiger partial charge on any atom is 0.322 e. The molecule has 0 bridgehead atoms. The van der Waals surface area contributed by atoms with Gasteiger partial charge < -0.3 is 4.42 Å². The van der Waals surface area contributed by atoms with Gasteiger partial charge in [0, 0.05) is 31.3 Å². The Kier molecular flexibility index (Phi) is 5.86. The molecule has 0 saturated carbocycles.